The van der Waals surface area contributed by atoms with Gasteiger partial charge in [-0.3, -0.25) is 14.2 Å². The van der Waals surface area contributed by atoms with Gasteiger partial charge in [0.25, 0.3) is 5.56 Å². The summed E-state index contributed by atoms with van der Waals surface area (Å²) in [5.41, 5.74) is 0.00896. The molecular weight excluding hydrogens is 483 g/mol. The Morgan fingerprint density at radius 2 is 1.85 bits per heavy atom. The molecule has 4 rings (SSSR count). The lowest BCUT2D eigenvalue weighted by Gasteiger charge is -2.13. The quantitative estimate of drug-likeness (QED) is 0.397. The summed E-state index contributed by atoms with van der Waals surface area (Å²) < 4.78 is 21.6. The fourth-order valence-corrected chi connectivity index (χ4v) is 5.26. The molecule has 0 atom stereocenters. The van der Waals surface area contributed by atoms with Crippen LogP contribution in [0.5, 0.6) is 5.75 Å². The topological polar surface area (TPSA) is 90.5 Å². The van der Waals surface area contributed by atoms with Crippen LogP contribution < -0.4 is 11.2 Å². The number of hydrogen-bond acceptors (Lipinski definition) is 6. The molecule has 7 nitrogen and oxygen atoms in total. The average Bonchev–Trinajstić information content (AvgIpc) is 3.13. The van der Waals surface area contributed by atoms with Crippen LogP contribution in [0.3, 0.4) is 0 Å². The van der Waals surface area contributed by atoms with E-state index >= 15 is 0 Å². The molecule has 4 aromatic rings. The Morgan fingerprint density at radius 1 is 1.15 bits per heavy atom. The molecule has 0 fully saturated rings. The molecule has 2 aromatic carbocycles. The molecule has 176 valence electrons. The van der Waals surface area contributed by atoms with Crippen molar-refractivity contribution in [3.63, 3.8) is 0 Å². The number of phenolic OH excluding ortho intramolecular Hbond substituents is 1. The van der Waals surface area contributed by atoms with E-state index in [9.17, 15) is 23.9 Å². The Hall–Kier alpha value is -3.43. The molecule has 2 aromatic heterocycles. The Labute approximate surface area is 202 Å². The molecule has 0 bridgehead atoms. The molecule has 0 saturated carbocycles. The predicted molar refractivity (Wildman–Crippen MR) is 129 cm³/mol. The molecule has 34 heavy (non-hydrogen) atoms. The molecule has 10 heteroatoms. The summed E-state index contributed by atoms with van der Waals surface area (Å²) in [5, 5.41) is 10.0. The van der Waals surface area contributed by atoms with Crippen molar-refractivity contribution in [3.05, 3.63) is 85.3 Å². The number of hydrogen-bond donors (Lipinski definition) is 1. The van der Waals surface area contributed by atoms with E-state index in [0.29, 0.717) is 15.3 Å². The lowest BCUT2D eigenvalue weighted by molar-refractivity contribution is -0.143. The number of thiophene rings is 1. The first-order valence-electron chi connectivity index (χ1n) is 10.4. The number of aromatic nitrogens is 2. The van der Waals surface area contributed by atoms with E-state index in [0.717, 1.165) is 10.1 Å². The number of phenols is 1. The van der Waals surface area contributed by atoms with Crippen LogP contribution in [0.25, 0.3) is 20.7 Å². The number of fused-ring (bicyclic) bond motifs is 1. The SMILES string of the molecule is CCOC(=O)Cn1c(=O)c2c(C)c(-c3ccc(O)cc3)sc2n(Cc2c(F)cccc2Cl)c1=O. The van der Waals surface area contributed by atoms with Crippen LogP contribution in [0.1, 0.15) is 18.1 Å². The first-order valence-corrected chi connectivity index (χ1v) is 11.6. The zero-order valence-electron chi connectivity index (χ0n) is 18.3. The van der Waals surface area contributed by atoms with E-state index in [1.807, 2.05) is 0 Å². The summed E-state index contributed by atoms with van der Waals surface area (Å²) in [6.45, 7) is 2.64. The van der Waals surface area contributed by atoms with E-state index in [2.05, 4.69) is 0 Å². The van der Waals surface area contributed by atoms with Crippen molar-refractivity contribution in [3.8, 4) is 16.2 Å². The van der Waals surface area contributed by atoms with Crippen LogP contribution in [0.4, 0.5) is 4.39 Å². The molecule has 0 radical (unpaired) electrons. The van der Waals surface area contributed by atoms with Gasteiger partial charge in [0.1, 0.15) is 22.9 Å². The van der Waals surface area contributed by atoms with Gasteiger partial charge < -0.3 is 9.84 Å². The number of aryl methyl sites for hydroxylation is 1. The number of aromatic hydroxyl groups is 1. The maximum Gasteiger partial charge on any atom is 0.332 e. The number of esters is 1. The van der Waals surface area contributed by atoms with Gasteiger partial charge in [-0.15, -0.1) is 11.3 Å². The van der Waals surface area contributed by atoms with Crippen molar-refractivity contribution in [1.29, 1.82) is 0 Å². The Balaban J connectivity index is 2.02. The third-order valence-electron chi connectivity index (χ3n) is 5.39. The van der Waals surface area contributed by atoms with Gasteiger partial charge >= 0.3 is 11.7 Å². The molecule has 0 aliphatic carbocycles. The number of benzene rings is 2. The maximum absolute atomic E-state index is 14.6. The Bertz CT molecular complexity index is 1500. The zero-order chi connectivity index (χ0) is 24.6. The van der Waals surface area contributed by atoms with Crippen LogP contribution in [0, 0.1) is 12.7 Å². The first kappa shape index (κ1) is 23.7. The highest BCUT2D eigenvalue weighted by atomic mass is 35.5. The molecule has 0 unspecified atom stereocenters. The lowest BCUT2D eigenvalue weighted by Crippen LogP contribution is -2.42. The largest absolute Gasteiger partial charge is 0.508 e. The lowest BCUT2D eigenvalue weighted by atomic mass is 10.1. The minimum absolute atomic E-state index is 0.0883. The van der Waals surface area contributed by atoms with E-state index in [-0.39, 0.29) is 34.9 Å². The highest BCUT2D eigenvalue weighted by molar-refractivity contribution is 7.22. The highest BCUT2D eigenvalue weighted by Gasteiger charge is 2.23. The van der Waals surface area contributed by atoms with Gasteiger partial charge in [0.15, 0.2) is 0 Å². The summed E-state index contributed by atoms with van der Waals surface area (Å²) in [5.74, 6) is -1.24. The van der Waals surface area contributed by atoms with Gasteiger partial charge in [-0.05, 0) is 61.4 Å². The van der Waals surface area contributed by atoms with Gasteiger partial charge in [0, 0.05) is 15.5 Å². The van der Waals surface area contributed by atoms with Gasteiger partial charge in [0.05, 0.1) is 18.5 Å². The van der Waals surface area contributed by atoms with E-state index < -0.39 is 29.6 Å². The molecule has 0 spiro atoms. The second-order valence-electron chi connectivity index (χ2n) is 7.55. The third kappa shape index (κ3) is 4.24. The number of ether oxygens (including phenoxy) is 1. The van der Waals surface area contributed by atoms with Crippen LogP contribution >= 0.6 is 22.9 Å². The van der Waals surface area contributed by atoms with E-state index in [4.69, 9.17) is 16.3 Å². The second-order valence-corrected chi connectivity index (χ2v) is 8.95. The molecule has 0 aliphatic rings. The van der Waals surface area contributed by atoms with Crippen molar-refractivity contribution in [2.45, 2.75) is 26.9 Å². The van der Waals surface area contributed by atoms with Crippen LogP contribution in [0.2, 0.25) is 5.02 Å². The summed E-state index contributed by atoms with van der Waals surface area (Å²) in [6.07, 6.45) is 0. The predicted octanol–water partition coefficient (Wildman–Crippen LogP) is 4.31. The smallest absolute Gasteiger partial charge is 0.332 e. The fourth-order valence-electron chi connectivity index (χ4n) is 3.74. The number of rotatable bonds is 6. The van der Waals surface area contributed by atoms with Crippen LogP contribution in [0.15, 0.2) is 52.1 Å². The van der Waals surface area contributed by atoms with Gasteiger partial charge in [0.2, 0.25) is 0 Å². The van der Waals surface area contributed by atoms with Crippen molar-refractivity contribution in [2.75, 3.05) is 6.61 Å². The standard InChI is InChI=1S/C24H20ClFN2O5S/c1-3-33-19(30)12-27-22(31)20-13(2)21(14-7-9-15(29)10-8-14)34-23(20)28(24(27)32)11-16-17(25)5-4-6-18(16)26/h4-10,29H,3,11-12H2,1-2H3. The number of halogens is 2. The minimum Gasteiger partial charge on any atom is -0.508 e. The van der Waals surface area contributed by atoms with Crippen molar-refractivity contribution >= 4 is 39.1 Å². The van der Waals surface area contributed by atoms with Crippen molar-refractivity contribution in [2.24, 2.45) is 0 Å². The molecule has 0 saturated heterocycles. The normalized spacial score (nSPS) is 11.2. The maximum atomic E-state index is 14.6. The summed E-state index contributed by atoms with van der Waals surface area (Å²) in [4.78, 5) is 39.9. The Morgan fingerprint density at radius 3 is 2.50 bits per heavy atom. The number of carbonyl (C=O) groups excluding carboxylic acids is 1. The summed E-state index contributed by atoms with van der Waals surface area (Å²) in [6, 6.07) is 10.6. The monoisotopic (exact) mass is 502 g/mol. The van der Waals surface area contributed by atoms with Gasteiger partial charge in [-0.25, -0.2) is 13.8 Å². The van der Waals surface area contributed by atoms with Gasteiger partial charge in [-0.1, -0.05) is 17.7 Å². The third-order valence-corrected chi connectivity index (χ3v) is 7.11. The van der Waals surface area contributed by atoms with Gasteiger partial charge in [-0.2, -0.15) is 0 Å². The molecule has 0 amide bonds. The molecule has 0 aliphatic heterocycles. The first-order chi connectivity index (χ1) is 16.2. The zero-order valence-corrected chi connectivity index (χ0v) is 19.9. The van der Waals surface area contributed by atoms with Crippen molar-refractivity contribution < 1.29 is 19.0 Å². The average molecular weight is 503 g/mol. The molecule has 2 heterocycles. The molecular formula is C24H20ClFN2O5S. The van der Waals surface area contributed by atoms with Crippen LogP contribution in [-0.4, -0.2) is 26.8 Å². The van der Waals surface area contributed by atoms with E-state index in [1.54, 1.807) is 26.0 Å². The summed E-state index contributed by atoms with van der Waals surface area (Å²) >= 11 is 7.40. The van der Waals surface area contributed by atoms with Crippen molar-refractivity contribution in [1.82, 2.24) is 9.13 Å². The fraction of sp³-hybridized carbons (Fsp3) is 0.208. The number of nitrogens with zero attached hydrogens (tertiary/aromatic N) is 2. The number of carbonyl (C=O) groups is 1. The highest BCUT2D eigenvalue weighted by Crippen LogP contribution is 2.37. The summed E-state index contributed by atoms with van der Waals surface area (Å²) in [7, 11) is 0. The minimum atomic E-state index is -0.775. The Kier molecular flexibility index (Phi) is 6.58. The van der Waals surface area contributed by atoms with E-state index in [1.165, 1.54) is 46.2 Å². The van der Waals surface area contributed by atoms with Crippen LogP contribution in [-0.2, 0) is 22.6 Å². The second kappa shape index (κ2) is 9.44. The molecule has 1 N–H and O–H groups in total.